The zero-order valence-corrected chi connectivity index (χ0v) is 9.63. The molecule has 0 aliphatic heterocycles. The van der Waals surface area contributed by atoms with Crippen LogP contribution in [0.25, 0.3) is 0 Å². The summed E-state index contributed by atoms with van der Waals surface area (Å²) in [5.41, 5.74) is 6.90. The maximum atomic E-state index is 12.8. The summed E-state index contributed by atoms with van der Waals surface area (Å²) in [6, 6.07) is 6.45. The Labute approximate surface area is 90.9 Å². The number of hydrogen-bond acceptors (Lipinski definition) is 2. The van der Waals surface area contributed by atoms with E-state index in [9.17, 15) is 4.39 Å². The van der Waals surface area contributed by atoms with Gasteiger partial charge in [0.25, 0.3) is 0 Å². The maximum absolute atomic E-state index is 12.8. The number of halogens is 1. The third-order valence-electron chi connectivity index (χ3n) is 2.65. The zero-order chi connectivity index (χ0) is 11.5. The molecule has 3 heteroatoms. The highest BCUT2D eigenvalue weighted by Gasteiger charge is 2.25. The first-order valence-electron chi connectivity index (χ1n) is 5.17. The number of nitrogens with two attached hydrogens (primary N) is 1. The summed E-state index contributed by atoms with van der Waals surface area (Å²) in [5.74, 6) is -0.220. The molecule has 0 spiro atoms. The number of rotatable bonds is 4. The van der Waals surface area contributed by atoms with Gasteiger partial charge < -0.3 is 10.6 Å². The molecule has 1 unspecified atom stereocenters. The van der Waals surface area contributed by atoms with Crippen molar-refractivity contribution in [2.75, 3.05) is 20.6 Å². The summed E-state index contributed by atoms with van der Waals surface area (Å²) >= 11 is 0. The molecule has 1 atom stereocenters. The van der Waals surface area contributed by atoms with Gasteiger partial charge in [-0.2, -0.15) is 0 Å². The fraction of sp³-hybridized carbons (Fsp3) is 0.500. The molecule has 0 heterocycles. The third kappa shape index (κ3) is 3.01. The Kier molecular flexibility index (Phi) is 3.83. The standard InChI is InChI=1S/C12H19FN2/c1-4-12(14,9-15(2)3)10-5-7-11(13)8-6-10/h5-8H,4,9,14H2,1-3H3. The minimum Gasteiger partial charge on any atom is -0.320 e. The van der Waals surface area contributed by atoms with Crippen LogP contribution in [0.3, 0.4) is 0 Å². The van der Waals surface area contributed by atoms with E-state index < -0.39 is 5.54 Å². The quantitative estimate of drug-likeness (QED) is 0.823. The second kappa shape index (κ2) is 4.73. The van der Waals surface area contributed by atoms with Gasteiger partial charge in [-0.05, 0) is 38.2 Å². The van der Waals surface area contributed by atoms with Crippen LogP contribution in [-0.2, 0) is 5.54 Å². The van der Waals surface area contributed by atoms with Crippen LogP contribution in [0.15, 0.2) is 24.3 Å². The van der Waals surface area contributed by atoms with Gasteiger partial charge in [-0.25, -0.2) is 4.39 Å². The van der Waals surface area contributed by atoms with Crippen molar-refractivity contribution in [3.63, 3.8) is 0 Å². The zero-order valence-electron chi connectivity index (χ0n) is 9.63. The van der Waals surface area contributed by atoms with Gasteiger partial charge >= 0.3 is 0 Å². The van der Waals surface area contributed by atoms with Crippen LogP contribution in [0.1, 0.15) is 18.9 Å². The van der Waals surface area contributed by atoms with Crippen molar-refractivity contribution < 1.29 is 4.39 Å². The Morgan fingerprint density at radius 2 is 1.80 bits per heavy atom. The molecule has 15 heavy (non-hydrogen) atoms. The van der Waals surface area contributed by atoms with Gasteiger partial charge in [0, 0.05) is 6.54 Å². The average molecular weight is 210 g/mol. The summed E-state index contributed by atoms with van der Waals surface area (Å²) in [6.07, 6.45) is 0.830. The molecule has 1 aromatic carbocycles. The molecule has 0 aromatic heterocycles. The lowest BCUT2D eigenvalue weighted by atomic mass is 9.88. The van der Waals surface area contributed by atoms with Crippen LogP contribution < -0.4 is 5.73 Å². The van der Waals surface area contributed by atoms with Crippen molar-refractivity contribution in [2.45, 2.75) is 18.9 Å². The first kappa shape index (κ1) is 12.1. The topological polar surface area (TPSA) is 29.3 Å². The van der Waals surface area contributed by atoms with E-state index in [0.29, 0.717) is 0 Å². The van der Waals surface area contributed by atoms with Gasteiger partial charge in [0.05, 0.1) is 5.54 Å². The SMILES string of the molecule is CCC(N)(CN(C)C)c1ccc(F)cc1. The highest BCUT2D eigenvalue weighted by Crippen LogP contribution is 2.22. The van der Waals surface area contributed by atoms with Crippen molar-refractivity contribution in [2.24, 2.45) is 5.73 Å². The maximum Gasteiger partial charge on any atom is 0.123 e. The molecule has 0 amide bonds. The first-order chi connectivity index (χ1) is 6.98. The van der Waals surface area contributed by atoms with E-state index in [1.807, 2.05) is 25.9 Å². The Hall–Kier alpha value is -0.930. The minimum absolute atomic E-state index is 0.220. The second-order valence-corrected chi connectivity index (χ2v) is 4.25. The van der Waals surface area contributed by atoms with E-state index in [-0.39, 0.29) is 5.82 Å². The fourth-order valence-electron chi connectivity index (χ4n) is 1.75. The van der Waals surface area contributed by atoms with E-state index in [2.05, 4.69) is 0 Å². The van der Waals surface area contributed by atoms with Crippen LogP contribution in [0.2, 0.25) is 0 Å². The Bertz CT molecular complexity index is 308. The Morgan fingerprint density at radius 1 is 1.27 bits per heavy atom. The summed E-state index contributed by atoms with van der Waals surface area (Å²) in [7, 11) is 3.97. The minimum atomic E-state index is -0.392. The molecule has 0 saturated carbocycles. The van der Waals surface area contributed by atoms with E-state index >= 15 is 0 Å². The summed E-state index contributed by atoms with van der Waals surface area (Å²) in [5, 5.41) is 0. The van der Waals surface area contributed by atoms with E-state index in [1.165, 1.54) is 12.1 Å². The lowest BCUT2D eigenvalue weighted by molar-refractivity contribution is 0.278. The monoisotopic (exact) mass is 210 g/mol. The molecule has 0 saturated heterocycles. The molecular formula is C12H19FN2. The summed E-state index contributed by atoms with van der Waals surface area (Å²) in [4.78, 5) is 2.05. The number of nitrogens with zero attached hydrogens (tertiary/aromatic N) is 1. The van der Waals surface area contributed by atoms with Crippen LogP contribution >= 0.6 is 0 Å². The Balaban J connectivity index is 2.95. The van der Waals surface area contributed by atoms with Gasteiger partial charge in [-0.3, -0.25) is 0 Å². The molecule has 0 radical (unpaired) electrons. The highest BCUT2D eigenvalue weighted by molar-refractivity contribution is 5.25. The highest BCUT2D eigenvalue weighted by atomic mass is 19.1. The molecule has 2 N–H and O–H groups in total. The molecular weight excluding hydrogens is 191 g/mol. The first-order valence-corrected chi connectivity index (χ1v) is 5.17. The molecule has 1 aromatic rings. The van der Waals surface area contributed by atoms with Crippen molar-refractivity contribution in [1.82, 2.24) is 4.90 Å². The van der Waals surface area contributed by atoms with E-state index in [0.717, 1.165) is 18.5 Å². The van der Waals surface area contributed by atoms with Gasteiger partial charge in [-0.1, -0.05) is 19.1 Å². The van der Waals surface area contributed by atoms with Crippen molar-refractivity contribution in [1.29, 1.82) is 0 Å². The van der Waals surface area contributed by atoms with E-state index in [1.54, 1.807) is 12.1 Å². The van der Waals surface area contributed by atoms with Crippen LogP contribution in [0, 0.1) is 5.82 Å². The third-order valence-corrected chi connectivity index (χ3v) is 2.65. The predicted molar refractivity (Wildman–Crippen MR) is 61.1 cm³/mol. The molecule has 0 bridgehead atoms. The number of benzene rings is 1. The largest absolute Gasteiger partial charge is 0.320 e. The van der Waals surface area contributed by atoms with Gasteiger partial charge in [0.15, 0.2) is 0 Å². The van der Waals surface area contributed by atoms with Crippen LogP contribution in [0.4, 0.5) is 4.39 Å². The molecule has 1 rings (SSSR count). The van der Waals surface area contributed by atoms with Crippen molar-refractivity contribution in [3.8, 4) is 0 Å². The van der Waals surface area contributed by atoms with Crippen molar-refractivity contribution >= 4 is 0 Å². The normalized spacial score (nSPS) is 15.3. The second-order valence-electron chi connectivity index (χ2n) is 4.25. The average Bonchev–Trinajstić information content (AvgIpc) is 2.17. The Morgan fingerprint density at radius 3 is 2.20 bits per heavy atom. The van der Waals surface area contributed by atoms with Gasteiger partial charge in [0.2, 0.25) is 0 Å². The molecule has 0 aliphatic carbocycles. The molecule has 2 nitrogen and oxygen atoms in total. The summed E-state index contributed by atoms with van der Waals surface area (Å²) < 4.78 is 12.8. The van der Waals surface area contributed by atoms with Gasteiger partial charge in [-0.15, -0.1) is 0 Å². The molecule has 84 valence electrons. The van der Waals surface area contributed by atoms with Gasteiger partial charge in [0.1, 0.15) is 5.82 Å². The smallest absolute Gasteiger partial charge is 0.123 e. The van der Waals surface area contributed by atoms with Crippen LogP contribution in [0.5, 0.6) is 0 Å². The lowest BCUT2D eigenvalue weighted by Gasteiger charge is -2.31. The fourth-order valence-corrected chi connectivity index (χ4v) is 1.75. The molecule has 0 aliphatic rings. The van der Waals surface area contributed by atoms with Crippen LogP contribution in [-0.4, -0.2) is 25.5 Å². The molecule has 0 fully saturated rings. The number of likely N-dealkylation sites (N-methyl/N-ethyl adjacent to an activating group) is 1. The summed E-state index contributed by atoms with van der Waals surface area (Å²) in [6.45, 7) is 2.81. The van der Waals surface area contributed by atoms with Crippen molar-refractivity contribution in [3.05, 3.63) is 35.6 Å². The predicted octanol–water partition coefficient (Wildman–Crippen LogP) is 1.95. The lowest BCUT2D eigenvalue weighted by Crippen LogP contribution is -2.45. The number of hydrogen-bond donors (Lipinski definition) is 1. The van der Waals surface area contributed by atoms with E-state index in [4.69, 9.17) is 5.73 Å².